The highest BCUT2D eigenvalue weighted by atomic mass is 16.8. The molecule has 1 aromatic carbocycles. The largest absolute Gasteiger partial charge is 0.458 e. The lowest BCUT2D eigenvalue weighted by Gasteiger charge is -2.53. The Labute approximate surface area is 299 Å². The Kier molecular flexibility index (Phi) is 8.21. The molecule has 1 aromatic rings. The van der Waals surface area contributed by atoms with Crippen molar-refractivity contribution in [3.8, 4) is 0 Å². The molecular weight excluding hydrogens is 654 g/mol. The number of aliphatic hydroxyl groups is 1. The summed E-state index contributed by atoms with van der Waals surface area (Å²) in [5.41, 5.74) is 2.53. The molecule has 5 saturated heterocycles. The predicted molar refractivity (Wildman–Crippen MR) is 182 cm³/mol. The maximum atomic E-state index is 15.0. The number of epoxide rings is 1. The van der Waals surface area contributed by atoms with Crippen molar-refractivity contribution in [1.29, 1.82) is 0 Å². The highest BCUT2D eigenvalue weighted by Crippen LogP contribution is 2.60. The zero-order valence-electron chi connectivity index (χ0n) is 29.9. The maximum Gasteiger partial charge on any atom is 0.327 e. The van der Waals surface area contributed by atoms with Crippen molar-refractivity contribution in [2.24, 2.45) is 22.7 Å². The Morgan fingerprint density at radius 2 is 1.90 bits per heavy atom. The summed E-state index contributed by atoms with van der Waals surface area (Å²) in [5.74, 6) is 0.0353. The van der Waals surface area contributed by atoms with E-state index in [1.165, 1.54) is 18.4 Å². The zero-order valence-corrected chi connectivity index (χ0v) is 29.9. The zero-order chi connectivity index (χ0) is 35.3. The molecule has 3 saturated carbocycles. The number of carbonyl (C=O) groups excluding carboxylic acids is 3. The summed E-state index contributed by atoms with van der Waals surface area (Å²) < 4.78 is 24.2. The highest BCUT2D eigenvalue weighted by molar-refractivity contribution is 5.96. The fourth-order valence-electron chi connectivity index (χ4n) is 11.1. The van der Waals surface area contributed by atoms with Crippen LogP contribution < -0.4 is 5.32 Å². The lowest BCUT2D eigenvalue weighted by atomic mass is 9.52. The van der Waals surface area contributed by atoms with Gasteiger partial charge >= 0.3 is 5.97 Å². The number of fused-ring (bicyclic) bond motifs is 6. The minimum Gasteiger partial charge on any atom is -0.458 e. The lowest BCUT2D eigenvalue weighted by molar-refractivity contribution is -0.204. The van der Waals surface area contributed by atoms with Crippen molar-refractivity contribution in [3.05, 3.63) is 41.0 Å². The number of hydroxylamine groups is 2. The van der Waals surface area contributed by atoms with Crippen molar-refractivity contribution >= 4 is 23.9 Å². The molecule has 0 radical (unpaired) electrons. The SMILES string of the molecule is CC1(C)C[C@@H]2C(=Cc3ccccc3CN3O[C@@H]4[C@H]5OCO[C@H]5[C@H]5C[C@]4(C(=O)N4CCC[C@@H]4C(=O)NCCO)[C@@H]3C(=O)O5)CCC3O[C@]3(C)CC[C@H]21. The lowest BCUT2D eigenvalue weighted by Crippen LogP contribution is -2.70. The number of esters is 1. The molecule has 2 N–H and O–H groups in total. The third-order valence-corrected chi connectivity index (χ3v) is 13.8. The van der Waals surface area contributed by atoms with Gasteiger partial charge in [-0.3, -0.25) is 19.2 Å². The third kappa shape index (κ3) is 5.34. The van der Waals surface area contributed by atoms with Crippen LogP contribution in [0.2, 0.25) is 0 Å². The normalized spacial score (nSPS) is 42.8. The third-order valence-electron chi connectivity index (χ3n) is 13.8. The number of amides is 2. The average Bonchev–Trinajstić information content (AvgIpc) is 3.57. The fraction of sp³-hybridized carbons (Fsp3) is 0.718. The number of benzene rings is 1. The predicted octanol–water partition coefficient (Wildman–Crippen LogP) is 3.10. The highest BCUT2D eigenvalue weighted by Gasteiger charge is 2.75. The van der Waals surface area contributed by atoms with Crippen molar-refractivity contribution in [2.45, 2.75) is 127 Å². The number of nitrogens with zero attached hydrogens (tertiary/aromatic N) is 2. The molecule has 12 nitrogen and oxygen atoms in total. The molecule has 51 heavy (non-hydrogen) atoms. The Hall–Kier alpha value is -2.87. The van der Waals surface area contributed by atoms with Gasteiger partial charge in [0.1, 0.15) is 42.7 Å². The van der Waals surface area contributed by atoms with E-state index in [4.69, 9.17) is 23.8 Å². The van der Waals surface area contributed by atoms with Gasteiger partial charge < -0.3 is 34.3 Å². The molecule has 8 aliphatic rings. The van der Waals surface area contributed by atoms with Gasteiger partial charge in [-0.1, -0.05) is 49.8 Å². The molecule has 5 heterocycles. The number of ether oxygens (including phenoxy) is 4. The van der Waals surface area contributed by atoms with Gasteiger partial charge in [-0.2, -0.15) is 5.06 Å². The first-order valence-corrected chi connectivity index (χ1v) is 19.1. The van der Waals surface area contributed by atoms with Crippen molar-refractivity contribution in [2.75, 3.05) is 26.5 Å². The summed E-state index contributed by atoms with van der Waals surface area (Å²) >= 11 is 0. The van der Waals surface area contributed by atoms with E-state index in [2.05, 4.69) is 44.3 Å². The smallest absolute Gasteiger partial charge is 0.327 e. The number of aliphatic hydroxyl groups excluding tert-OH is 1. The van der Waals surface area contributed by atoms with Gasteiger partial charge in [-0.15, -0.1) is 0 Å². The molecule has 11 atom stereocenters. The first-order valence-electron chi connectivity index (χ1n) is 19.1. The van der Waals surface area contributed by atoms with E-state index in [0.29, 0.717) is 42.7 Å². The molecular formula is C39H51N3O9. The number of hydrogen-bond acceptors (Lipinski definition) is 10. The number of allylic oxidation sites excluding steroid dienone is 1. The summed E-state index contributed by atoms with van der Waals surface area (Å²) in [6.45, 7) is 7.66. The van der Waals surface area contributed by atoms with Gasteiger partial charge in [0.15, 0.2) is 6.04 Å². The molecule has 12 heteroatoms. The van der Waals surface area contributed by atoms with Gasteiger partial charge in [0.05, 0.1) is 24.9 Å². The van der Waals surface area contributed by atoms with Crippen LogP contribution in [0, 0.1) is 22.7 Å². The van der Waals surface area contributed by atoms with Gasteiger partial charge in [-0.05, 0) is 80.2 Å². The summed E-state index contributed by atoms with van der Waals surface area (Å²) in [5, 5.41) is 13.7. The first-order chi connectivity index (χ1) is 24.5. The molecule has 9 rings (SSSR count). The topological polar surface area (TPSA) is 139 Å². The molecule has 0 aromatic heterocycles. The molecule has 5 aliphatic heterocycles. The van der Waals surface area contributed by atoms with Crippen LogP contribution in [0.3, 0.4) is 0 Å². The molecule has 8 fully saturated rings. The van der Waals surface area contributed by atoms with Crippen molar-refractivity contribution < 1.29 is 43.3 Å². The fourth-order valence-corrected chi connectivity index (χ4v) is 11.1. The standard InChI is InChI=1S/C39H51N3O9/c1-37(2)18-25-23(10-11-29-38(3,50-29)13-12-26(25)37)17-22-7-4-5-8-24(22)20-42-32-35(45)49-28-19-39(32,33(51-42)31-30(28)47-21-48-31)36(46)41-15-6-9-27(41)34(44)40-14-16-43/h4-5,7-8,17,25-33,43H,6,9-16,18-21H2,1-3H3,(H,40,44)/t25-,26-,27-,28-,29?,30+,31+,32+,33-,38-,39+/m1/s1. The Morgan fingerprint density at radius 3 is 2.73 bits per heavy atom. The van der Waals surface area contributed by atoms with Crippen LogP contribution in [0.1, 0.15) is 83.3 Å². The Balaban J connectivity index is 1.04. The van der Waals surface area contributed by atoms with Crippen LogP contribution in [-0.2, 0) is 44.7 Å². The second-order valence-electron chi connectivity index (χ2n) is 17.1. The number of carbonyl (C=O) groups is 3. The monoisotopic (exact) mass is 705 g/mol. The van der Waals surface area contributed by atoms with Gasteiger partial charge in [0.25, 0.3) is 0 Å². The molecule has 276 valence electrons. The van der Waals surface area contributed by atoms with Crippen LogP contribution in [0.25, 0.3) is 6.08 Å². The molecule has 1 unspecified atom stereocenters. The van der Waals surface area contributed by atoms with E-state index >= 15 is 0 Å². The molecule has 3 aliphatic carbocycles. The van der Waals surface area contributed by atoms with Gasteiger partial charge in [-0.25, -0.2) is 0 Å². The van der Waals surface area contributed by atoms with E-state index in [-0.39, 0.29) is 50.3 Å². The summed E-state index contributed by atoms with van der Waals surface area (Å²) in [4.78, 5) is 50.6. The van der Waals surface area contributed by atoms with Gasteiger partial charge in [0.2, 0.25) is 11.8 Å². The van der Waals surface area contributed by atoms with E-state index in [1.54, 1.807) is 9.96 Å². The Morgan fingerprint density at radius 1 is 1.08 bits per heavy atom. The van der Waals surface area contributed by atoms with E-state index in [9.17, 15) is 19.5 Å². The number of likely N-dealkylation sites (tertiary alicyclic amines) is 1. The van der Waals surface area contributed by atoms with Crippen LogP contribution >= 0.6 is 0 Å². The molecule has 2 bridgehead atoms. The second kappa shape index (κ2) is 12.3. The number of hydrogen-bond donors (Lipinski definition) is 2. The van der Waals surface area contributed by atoms with Crippen molar-refractivity contribution in [1.82, 2.24) is 15.3 Å². The van der Waals surface area contributed by atoms with E-state index < -0.39 is 47.9 Å². The van der Waals surface area contributed by atoms with Crippen LogP contribution in [0.5, 0.6) is 0 Å². The summed E-state index contributed by atoms with van der Waals surface area (Å²) in [7, 11) is 0. The minimum atomic E-state index is -1.32. The van der Waals surface area contributed by atoms with Crippen molar-refractivity contribution in [3.63, 3.8) is 0 Å². The minimum absolute atomic E-state index is 0.0137. The second-order valence-corrected chi connectivity index (χ2v) is 17.1. The first kappa shape index (κ1) is 33.9. The molecule has 2 amide bonds. The average molecular weight is 706 g/mol. The summed E-state index contributed by atoms with van der Waals surface area (Å²) in [6, 6.07) is 6.54. The van der Waals surface area contributed by atoms with E-state index in [0.717, 1.165) is 30.4 Å². The van der Waals surface area contributed by atoms with Crippen LogP contribution in [0.4, 0.5) is 0 Å². The van der Waals surface area contributed by atoms with Gasteiger partial charge in [0, 0.05) is 19.5 Å². The van der Waals surface area contributed by atoms with Crippen LogP contribution in [0.15, 0.2) is 29.8 Å². The molecule has 0 spiro atoms. The number of nitrogens with one attached hydrogen (secondary N) is 1. The summed E-state index contributed by atoms with van der Waals surface area (Å²) in [6.07, 6.45) is 6.93. The quantitative estimate of drug-likeness (QED) is 0.322. The number of rotatable bonds is 7. The van der Waals surface area contributed by atoms with E-state index in [1.807, 2.05) is 12.1 Å². The van der Waals surface area contributed by atoms with Crippen LogP contribution in [-0.4, -0.2) is 108 Å². The maximum absolute atomic E-state index is 15.0. The Bertz CT molecular complexity index is 1630.